The predicted molar refractivity (Wildman–Crippen MR) is 147 cm³/mol. The van der Waals surface area contributed by atoms with Crippen LogP contribution in [0.5, 0.6) is 0 Å². The van der Waals surface area contributed by atoms with E-state index in [1.54, 1.807) is 19.2 Å². The Balaban J connectivity index is 1.56. The average Bonchev–Trinajstić information content (AvgIpc) is 2.82. The van der Waals surface area contributed by atoms with Crippen LogP contribution in [0.3, 0.4) is 0 Å². The molecule has 0 bridgehead atoms. The van der Waals surface area contributed by atoms with Gasteiger partial charge in [-0.15, -0.1) is 0 Å². The lowest BCUT2D eigenvalue weighted by molar-refractivity contribution is 0.246. The zero-order chi connectivity index (χ0) is 26.3. The van der Waals surface area contributed by atoms with Crippen molar-refractivity contribution in [1.82, 2.24) is 20.3 Å². The molecule has 2 amide bonds. The number of hydrogen-bond acceptors (Lipinski definition) is 6. The summed E-state index contributed by atoms with van der Waals surface area (Å²) in [6.45, 7) is 6.04. The number of urea groups is 1. The summed E-state index contributed by atoms with van der Waals surface area (Å²) in [5, 5.41) is 12.5. The first kappa shape index (κ1) is 26.9. The van der Waals surface area contributed by atoms with Crippen LogP contribution in [0.1, 0.15) is 22.4 Å². The van der Waals surface area contributed by atoms with Crippen molar-refractivity contribution in [3.63, 3.8) is 0 Å². The van der Waals surface area contributed by atoms with Gasteiger partial charge in [-0.25, -0.2) is 22.9 Å². The van der Waals surface area contributed by atoms with Gasteiger partial charge in [0.05, 0.1) is 10.6 Å². The molecule has 3 rings (SSSR count). The number of nitrogens with zero attached hydrogens (tertiary/aromatic N) is 1. The molecule has 190 valence electrons. The smallest absolute Gasteiger partial charge is 0.328 e. The van der Waals surface area contributed by atoms with Crippen molar-refractivity contribution in [2.75, 3.05) is 24.2 Å². The lowest BCUT2D eigenvalue weighted by Crippen LogP contribution is -2.40. The third kappa shape index (κ3) is 7.40. The Morgan fingerprint density at radius 3 is 2.31 bits per heavy atom. The molecule has 0 aliphatic carbocycles. The highest BCUT2D eigenvalue weighted by molar-refractivity contribution is 7.90. The number of nitrogens with one attached hydrogen (secondary N) is 5. The van der Waals surface area contributed by atoms with E-state index in [9.17, 15) is 13.2 Å². The Morgan fingerprint density at radius 1 is 1.00 bits per heavy atom. The van der Waals surface area contributed by atoms with Gasteiger partial charge in [0, 0.05) is 25.0 Å². The molecule has 3 aromatic rings. The highest BCUT2D eigenvalue weighted by Crippen LogP contribution is 2.28. The number of pyridine rings is 1. The van der Waals surface area contributed by atoms with Crippen LogP contribution < -0.4 is 26.0 Å². The summed E-state index contributed by atoms with van der Waals surface area (Å²) in [6.07, 6.45) is 0.531. The topological polar surface area (TPSA) is 124 Å². The number of hydrogen-bond donors (Lipinski definition) is 5. The largest absolute Gasteiger partial charge is 0.366 e. The second kappa shape index (κ2) is 11.8. The molecule has 36 heavy (non-hydrogen) atoms. The second-order valence-electron chi connectivity index (χ2n) is 8.25. The summed E-state index contributed by atoms with van der Waals surface area (Å²) >= 11 is 5.24. The molecule has 5 N–H and O–H groups in total. The van der Waals surface area contributed by atoms with Gasteiger partial charge in [0.25, 0.3) is 10.0 Å². The van der Waals surface area contributed by atoms with Crippen LogP contribution in [-0.2, 0) is 16.4 Å². The summed E-state index contributed by atoms with van der Waals surface area (Å²) in [4.78, 5) is 16.7. The minimum Gasteiger partial charge on any atom is -0.366 e. The van der Waals surface area contributed by atoms with Crippen molar-refractivity contribution in [3.05, 3.63) is 77.0 Å². The molecule has 11 heteroatoms. The monoisotopic (exact) mass is 526 g/mol. The number of aromatic nitrogens is 1. The summed E-state index contributed by atoms with van der Waals surface area (Å²) in [5.41, 5.74) is 5.42. The molecule has 1 aromatic heterocycles. The SMILES string of the molecule is CNC(=S)Nc1c(C)cc(C)nc1Nc1ccc(CCNC(=O)NS(=O)(=O)c2ccc(C)cc2)cc1. The van der Waals surface area contributed by atoms with Gasteiger partial charge in [-0.2, -0.15) is 0 Å². The van der Waals surface area contributed by atoms with Crippen molar-refractivity contribution in [2.45, 2.75) is 32.1 Å². The van der Waals surface area contributed by atoms with Crippen molar-refractivity contribution in [3.8, 4) is 0 Å². The number of amides is 2. The predicted octanol–water partition coefficient (Wildman–Crippen LogP) is 3.90. The van der Waals surface area contributed by atoms with Crippen molar-refractivity contribution in [1.29, 1.82) is 0 Å². The minimum atomic E-state index is -3.92. The second-order valence-corrected chi connectivity index (χ2v) is 10.3. The molecule has 0 atom stereocenters. The third-order valence-corrected chi connectivity index (χ3v) is 6.94. The molecule has 0 aliphatic rings. The number of rotatable bonds is 8. The fourth-order valence-electron chi connectivity index (χ4n) is 3.41. The normalized spacial score (nSPS) is 10.9. The van der Waals surface area contributed by atoms with Gasteiger partial charge in [-0.3, -0.25) is 0 Å². The Labute approximate surface area is 217 Å². The molecule has 2 aromatic carbocycles. The van der Waals surface area contributed by atoms with Crippen LogP contribution in [0, 0.1) is 20.8 Å². The fraction of sp³-hybridized carbons (Fsp3) is 0.240. The zero-order valence-electron chi connectivity index (χ0n) is 20.6. The lowest BCUT2D eigenvalue weighted by Gasteiger charge is -2.17. The van der Waals surface area contributed by atoms with Crippen LogP contribution in [0.15, 0.2) is 59.5 Å². The van der Waals surface area contributed by atoms with E-state index in [2.05, 4.69) is 26.3 Å². The molecule has 0 aliphatic heterocycles. The van der Waals surface area contributed by atoms with E-state index in [1.165, 1.54) is 12.1 Å². The van der Waals surface area contributed by atoms with Crippen molar-refractivity contribution >= 4 is 50.6 Å². The first-order chi connectivity index (χ1) is 17.1. The fourth-order valence-corrected chi connectivity index (χ4v) is 4.44. The first-order valence-corrected chi connectivity index (χ1v) is 13.2. The lowest BCUT2D eigenvalue weighted by atomic mass is 10.1. The number of sulfonamides is 1. The van der Waals surface area contributed by atoms with Gasteiger partial charge in [0.15, 0.2) is 10.9 Å². The maximum atomic E-state index is 12.3. The van der Waals surface area contributed by atoms with E-state index in [-0.39, 0.29) is 11.4 Å². The highest BCUT2D eigenvalue weighted by Gasteiger charge is 2.17. The summed E-state index contributed by atoms with van der Waals surface area (Å²) in [6, 6.07) is 15.2. The van der Waals surface area contributed by atoms with E-state index >= 15 is 0 Å². The van der Waals surface area contributed by atoms with E-state index in [1.807, 2.05) is 55.8 Å². The molecule has 0 spiro atoms. The first-order valence-electron chi connectivity index (χ1n) is 11.3. The van der Waals surface area contributed by atoms with Gasteiger partial charge in [-0.1, -0.05) is 29.8 Å². The van der Waals surface area contributed by atoms with Gasteiger partial charge in [0.1, 0.15) is 0 Å². The molecule has 0 unspecified atom stereocenters. The molecule has 0 saturated carbocycles. The van der Waals surface area contributed by atoms with Gasteiger partial charge < -0.3 is 21.3 Å². The number of carbonyl (C=O) groups excluding carboxylic acids is 1. The summed E-state index contributed by atoms with van der Waals surface area (Å²) in [5.74, 6) is 0.658. The maximum absolute atomic E-state index is 12.3. The van der Waals surface area contributed by atoms with Crippen molar-refractivity contribution < 1.29 is 13.2 Å². The summed E-state index contributed by atoms with van der Waals surface area (Å²) in [7, 11) is -2.17. The van der Waals surface area contributed by atoms with Crippen LogP contribution >= 0.6 is 12.2 Å². The molecule has 9 nitrogen and oxygen atoms in total. The van der Waals surface area contributed by atoms with Crippen LogP contribution in [0.4, 0.5) is 22.0 Å². The average molecular weight is 527 g/mol. The van der Waals surface area contributed by atoms with Gasteiger partial charge in [-0.05, 0) is 80.9 Å². The van der Waals surface area contributed by atoms with E-state index < -0.39 is 16.1 Å². The number of carbonyl (C=O) groups is 1. The van der Waals surface area contributed by atoms with E-state index in [4.69, 9.17) is 12.2 Å². The number of thiocarbonyl (C=S) groups is 1. The van der Waals surface area contributed by atoms with Crippen LogP contribution in [0.25, 0.3) is 0 Å². The molecule has 1 heterocycles. The molecular formula is C25H30N6O3S2. The Kier molecular flexibility index (Phi) is 8.83. The highest BCUT2D eigenvalue weighted by atomic mass is 32.2. The van der Waals surface area contributed by atoms with Crippen LogP contribution in [-0.4, -0.2) is 38.1 Å². The van der Waals surface area contributed by atoms with E-state index in [0.717, 1.165) is 33.8 Å². The van der Waals surface area contributed by atoms with E-state index in [0.29, 0.717) is 17.4 Å². The van der Waals surface area contributed by atoms with Crippen LogP contribution in [0.2, 0.25) is 0 Å². The minimum absolute atomic E-state index is 0.0377. The summed E-state index contributed by atoms with van der Waals surface area (Å²) < 4.78 is 26.7. The standard InChI is InChI=1S/C25H30N6O3S2/c1-16-5-11-21(12-6-16)36(33,34)31-24(32)27-14-13-19-7-9-20(10-8-19)29-23-22(30-25(35)26-4)17(2)15-18(3)28-23/h5-12,15H,13-14H2,1-4H3,(H,28,29)(H2,26,30,35)(H2,27,31,32). The number of aryl methyl sites for hydroxylation is 3. The quantitative estimate of drug-likeness (QED) is 0.280. The Morgan fingerprint density at radius 2 is 1.67 bits per heavy atom. The molecule has 0 fully saturated rings. The number of benzene rings is 2. The zero-order valence-corrected chi connectivity index (χ0v) is 22.2. The van der Waals surface area contributed by atoms with Gasteiger partial charge >= 0.3 is 6.03 Å². The molecule has 0 saturated heterocycles. The Hall–Kier alpha value is -3.70. The molecule has 0 radical (unpaired) electrons. The van der Waals surface area contributed by atoms with Crippen molar-refractivity contribution in [2.24, 2.45) is 0 Å². The van der Waals surface area contributed by atoms with Gasteiger partial charge in [0.2, 0.25) is 0 Å². The third-order valence-electron chi connectivity index (χ3n) is 5.28. The maximum Gasteiger partial charge on any atom is 0.328 e. The number of anilines is 3. The Bertz CT molecular complexity index is 1340. The molecular weight excluding hydrogens is 496 g/mol.